The van der Waals surface area contributed by atoms with Crippen LogP contribution >= 0.6 is 0 Å². The molecule has 1 heterocycles. The standard InChI is InChI=1S/C16H12F3NO2/c1-3-20-10-6-11-8(4-7(10)2)5-9-12(17)13(18)15(21)14(19)16(9)22-11/h4-6,20H,3H2,1-2H3. The van der Waals surface area contributed by atoms with Crippen molar-refractivity contribution in [1.82, 2.24) is 0 Å². The summed E-state index contributed by atoms with van der Waals surface area (Å²) < 4.78 is 46.4. The zero-order valence-corrected chi connectivity index (χ0v) is 11.9. The molecule has 1 aromatic carbocycles. The van der Waals surface area contributed by atoms with E-state index < -0.39 is 34.2 Å². The molecule has 1 N–H and O–H groups in total. The van der Waals surface area contributed by atoms with Crippen molar-refractivity contribution < 1.29 is 17.6 Å². The summed E-state index contributed by atoms with van der Waals surface area (Å²) in [4.78, 5) is 11.3. The Bertz CT molecular complexity index is 918. The predicted molar refractivity (Wildman–Crippen MR) is 77.9 cm³/mol. The van der Waals surface area contributed by atoms with E-state index in [1.54, 1.807) is 12.1 Å². The first-order chi connectivity index (χ1) is 10.4. The summed E-state index contributed by atoms with van der Waals surface area (Å²) in [5.74, 6) is -5.15. The minimum atomic E-state index is -1.74. The largest absolute Gasteiger partial charge is 0.453 e. The fraction of sp³-hybridized carbons (Fsp3) is 0.188. The zero-order chi connectivity index (χ0) is 16.0. The van der Waals surface area contributed by atoms with Crippen molar-refractivity contribution in [3.8, 4) is 11.3 Å². The summed E-state index contributed by atoms with van der Waals surface area (Å²) in [7, 11) is 0. The Morgan fingerprint density at radius 1 is 1.09 bits per heavy atom. The lowest BCUT2D eigenvalue weighted by Crippen LogP contribution is -2.16. The summed E-state index contributed by atoms with van der Waals surface area (Å²) in [5, 5.41) is 3.60. The number of fused-ring (bicyclic) bond motifs is 2. The summed E-state index contributed by atoms with van der Waals surface area (Å²) in [6, 6.07) is 4.63. The Morgan fingerprint density at radius 3 is 2.50 bits per heavy atom. The van der Waals surface area contributed by atoms with Crippen LogP contribution in [0.1, 0.15) is 12.5 Å². The van der Waals surface area contributed by atoms with Crippen LogP contribution in [-0.4, -0.2) is 6.54 Å². The van der Waals surface area contributed by atoms with Crippen molar-refractivity contribution in [2.45, 2.75) is 13.8 Å². The van der Waals surface area contributed by atoms with Gasteiger partial charge in [0.25, 0.3) is 5.43 Å². The monoisotopic (exact) mass is 307 g/mol. The number of nitrogens with one attached hydrogen (secondary N) is 1. The molecule has 0 radical (unpaired) electrons. The number of rotatable bonds is 2. The summed E-state index contributed by atoms with van der Waals surface area (Å²) in [5.41, 5.74) is -0.0858. The van der Waals surface area contributed by atoms with Gasteiger partial charge in [0.05, 0.1) is 5.56 Å². The normalized spacial score (nSPS) is 11.3. The highest BCUT2D eigenvalue weighted by Gasteiger charge is 2.26. The van der Waals surface area contributed by atoms with Crippen LogP contribution in [0.5, 0.6) is 0 Å². The first kappa shape index (κ1) is 14.4. The number of anilines is 1. The van der Waals surface area contributed by atoms with Gasteiger partial charge in [-0.15, -0.1) is 0 Å². The average Bonchev–Trinajstić information content (AvgIpc) is 2.50. The summed E-state index contributed by atoms with van der Waals surface area (Å²) in [6.45, 7) is 4.45. The van der Waals surface area contributed by atoms with Crippen LogP contribution in [0.15, 0.2) is 27.4 Å². The molecule has 22 heavy (non-hydrogen) atoms. The third-order valence-electron chi connectivity index (χ3n) is 3.51. The molecule has 0 amide bonds. The van der Waals surface area contributed by atoms with E-state index in [4.69, 9.17) is 4.42 Å². The molecule has 0 unspecified atom stereocenters. The number of aryl methyl sites for hydroxylation is 1. The van der Waals surface area contributed by atoms with Crippen LogP contribution in [0.25, 0.3) is 22.3 Å². The molecule has 0 spiro atoms. The van der Waals surface area contributed by atoms with Gasteiger partial charge in [0.15, 0.2) is 11.6 Å². The van der Waals surface area contributed by atoms with E-state index in [2.05, 4.69) is 5.32 Å². The van der Waals surface area contributed by atoms with Gasteiger partial charge in [-0.2, -0.15) is 8.78 Å². The van der Waals surface area contributed by atoms with Gasteiger partial charge in [-0.05, 0) is 31.5 Å². The Hall–Kier alpha value is -2.50. The highest BCUT2D eigenvalue weighted by atomic mass is 19.2. The lowest BCUT2D eigenvalue weighted by atomic mass is 10.0. The second-order valence-electron chi connectivity index (χ2n) is 5.00. The highest BCUT2D eigenvalue weighted by molar-refractivity contribution is 5.87. The highest BCUT2D eigenvalue weighted by Crippen LogP contribution is 2.34. The lowest BCUT2D eigenvalue weighted by molar-refractivity contribution is 0.465. The third-order valence-corrected chi connectivity index (χ3v) is 3.51. The van der Waals surface area contributed by atoms with Crippen LogP contribution < -0.4 is 10.7 Å². The van der Waals surface area contributed by atoms with Gasteiger partial charge in [-0.1, -0.05) is 0 Å². The van der Waals surface area contributed by atoms with E-state index in [0.717, 1.165) is 11.3 Å². The van der Waals surface area contributed by atoms with E-state index in [1.807, 2.05) is 13.8 Å². The number of hydrogen-bond donors (Lipinski definition) is 1. The molecule has 1 aliphatic carbocycles. The van der Waals surface area contributed by atoms with Gasteiger partial charge >= 0.3 is 0 Å². The molecule has 0 saturated carbocycles. The first-order valence-electron chi connectivity index (χ1n) is 6.72. The topological polar surface area (TPSA) is 42.2 Å². The molecule has 0 fully saturated rings. The van der Waals surface area contributed by atoms with Crippen LogP contribution in [0.4, 0.5) is 18.9 Å². The fourth-order valence-electron chi connectivity index (χ4n) is 2.42. The number of benzene rings is 2. The molecule has 114 valence electrons. The van der Waals surface area contributed by atoms with Crippen LogP contribution in [0, 0.1) is 24.4 Å². The Morgan fingerprint density at radius 2 is 1.82 bits per heavy atom. The van der Waals surface area contributed by atoms with E-state index in [1.165, 1.54) is 6.07 Å². The summed E-state index contributed by atoms with van der Waals surface area (Å²) >= 11 is 0. The molecule has 1 aromatic rings. The van der Waals surface area contributed by atoms with Crippen molar-refractivity contribution in [3.05, 3.63) is 51.4 Å². The SMILES string of the molecule is CCNc1cc2oc3c(F)c(=O)c(F)c(F)c-3cc2cc1C. The molecule has 2 aliphatic rings. The molecule has 0 bridgehead atoms. The van der Waals surface area contributed by atoms with E-state index >= 15 is 0 Å². The van der Waals surface area contributed by atoms with Crippen molar-refractivity contribution in [1.29, 1.82) is 0 Å². The van der Waals surface area contributed by atoms with Crippen LogP contribution in [0.3, 0.4) is 0 Å². The van der Waals surface area contributed by atoms with Crippen molar-refractivity contribution in [2.75, 3.05) is 11.9 Å². The minimum Gasteiger partial charge on any atom is -0.453 e. The zero-order valence-electron chi connectivity index (χ0n) is 11.9. The van der Waals surface area contributed by atoms with Gasteiger partial charge in [-0.3, -0.25) is 4.79 Å². The number of halogens is 3. The smallest absolute Gasteiger partial charge is 0.256 e. The van der Waals surface area contributed by atoms with E-state index in [-0.39, 0.29) is 5.58 Å². The molecule has 3 nitrogen and oxygen atoms in total. The molecule has 0 atom stereocenters. The van der Waals surface area contributed by atoms with Crippen molar-refractivity contribution >= 4 is 16.7 Å². The third kappa shape index (κ3) is 2.03. The van der Waals surface area contributed by atoms with Crippen molar-refractivity contribution in [3.63, 3.8) is 0 Å². The van der Waals surface area contributed by atoms with E-state index in [9.17, 15) is 18.0 Å². The Labute approximate surface area is 123 Å². The maximum atomic E-state index is 13.9. The first-order valence-corrected chi connectivity index (χ1v) is 6.72. The molecule has 0 aromatic heterocycles. The fourth-order valence-corrected chi connectivity index (χ4v) is 2.42. The Balaban J connectivity index is 2.42. The predicted octanol–water partition coefficient (Wildman–Crippen LogP) is 4.06. The lowest BCUT2D eigenvalue weighted by Gasteiger charge is -2.12. The molecule has 0 saturated heterocycles. The van der Waals surface area contributed by atoms with Crippen molar-refractivity contribution in [2.24, 2.45) is 0 Å². The van der Waals surface area contributed by atoms with Gasteiger partial charge in [0, 0.05) is 23.7 Å². The second kappa shape index (κ2) is 5.05. The van der Waals surface area contributed by atoms with E-state index in [0.29, 0.717) is 11.9 Å². The molecule has 1 aliphatic heterocycles. The van der Waals surface area contributed by atoms with Gasteiger partial charge in [-0.25, -0.2) is 4.39 Å². The molecular formula is C16H12F3NO2. The van der Waals surface area contributed by atoms with Crippen LogP contribution in [0.2, 0.25) is 0 Å². The van der Waals surface area contributed by atoms with Gasteiger partial charge < -0.3 is 9.73 Å². The maximum absolute atomic E-state index is 13.9. The van der Waals surface area contributed by atoms with Gasteiger partial charge in [0.2, 0.25) is 11.6 Å². The quantitative estimate of drug-likeness (QED) is 0.573. The second-order valence-corrected chi connectivity index (χ2v) is 5.00. The number of hydrogen-bond acceptors (Lipinski definition) is 3. The maximum Gasteiger partial charge on any atom is 0.256 e. The Kier molecular flexibility index (Phi) is 3.31. The average molecular weight is 307 g/mol. The minimum absolute atomic E-state index is 0.276. The molecule has 6 heteroatoms. The van der Waals surface area contributed by atoms with Gasteiger partial charge in [0.1, 0.15) is 5.58 Å². The molecular weight excluding hydrogens is 295 g/mol. The summed E-state index contributed by atoms with van der Waals surface area (Å²) in [6.07, 6.45) is 0. The molecule has 3 rings (SSSR count). The van der Waals surface area contributed by atoms with Crippen LogP contribution in [-0.2, 0) is 0 Å².